The molecule has 4 heteroatoms. The zero-order valence-electron chi connectivity index (χ0n) is 14.0. The molecule has 0 unspecified atom stereocenters. The van der Waals surface area contributed by atoms with E-state index in [1.807, 2.05) is 11.8 Å². The lowest BCUT2D eigenvalue weighted by molar-refractivity contribution is 0.145. The van der Waals surface area contributed by atoms with Crippen LogP contribution in [0.15, 0.2) is 54.6 Å². The van der Waals surface area contributed by atoms with Crippen molar-refractivity contribution >= 4 is 23.1 Å². The lowest BCUT2D eigenvalue weighted by Crippen LogP contribution is -2.36. The molecule has 3 nitrogen and oxygen atoms in total. The highest BCUT2D eigenvalue weighted by atomic mass is 32.2. The van der Waals surface area contributed by atoms with E-state index < -0.39 is 0 Å². The highest BCUT2D eigenvalue weighted by molar-refractivity contribution is 7.98. The van der Waals surface area contributed by atoms with E-state index in [1.54, 1.807) is 0 Å². The number of aliphatic hydroxyl groups excluding tert-OH is 1. The van der Waals surface area contributed by atoms with E-state index in [4.69, 9.17) is 0 Å². The Morgan fingerprint density at radius 3 is 2.50 bits per heavy atom. The van der Waals surface area contributed by atoms with Crippen molar-refractivity contribution in [2.45, 2.75) is 24.7 Å². The molecule has 1 saturated heterocycles. The Labute approximate surface area is 149 Å². The van der Waals surface area contributed by atoms with Gasteiger partial charge in [-0.05, 0) is 30.5 Å². The van der Waals surface area contributed by atoms with Gasteiger partial charge in [-0.2, -0.15) is 11.8 Å². The highest BCUT2D eigenvalue weighted by Gasteiger charge is 2.18. The van der Waals surface area contributed by atoms with Crippen LogP contribution in [0.5, 0.6) is 0 Å². The molecule has 0 atom stereocenters. The van der Waals surface area contributed by atoms with Gasteiger partial charge >= 0.3 is 0 Å². The fourth-order valence-corrected chi connectivity index (χ4v) is 3.85. The van der Waals surface area contributed by atoms with Gasteiger partial charge in [0.15, 0.2) is 0 Å². The molecule has 0 amide bonds. The Bertz CT molecular complexity index is 612. The molecular weight excluding hydrogens is 316 g/mol. The number of para-hydroxylation sites is 2. The Morgan fingerprint density at radius 1 is 1.00 bits per heavy atom. The van der Waals surface area contributed by atoms with Crippen LogP contribution >= 0.6 is 11.8 Å². The standard InChI is InChI=1S/C20H26N2OS/c23-18-10-13-22(14-11-18)20-9-5-4-8-19(20)21-12-15-24-16-17-6-2-1-3-7-17/h1-9,18,21,23H,10-16H2. The minimum atomic E-state index is -0.129. The SMILES string of the molecule is OC1CCN(c2ccccc2NCCSCc2ccccc2)CC1. The van der Waals surface area contributed by atoms with Crippen LogP contribution in [0.3, 0.4) is 0 Å². The summed E-state index contributed by atoms with van der Waals surface area (Å²) in [5.41, 5.74) is 3.85. The number of anilines is 2. The molecule has 1 aliphatic rings. The van der Waals surface area contributed by atoms with Gasteiger partial charge in [-0.1, -0.05) is 42.5 Å². The molecular formula is C20H26N2OS. The minimum Gasteiger partial charge on any atom is -0.393 e. The molecule has 2 N–H and O–H groups in total. The van der Waals surface area contributed by atoms with Crippen molar-refractivity contribution in [3.8, 4) is 0 Å². The maximum absolute atomic E-state index is 9.69. The third-order valence-corrected chi connectivity index (χ3v) is 5.41. The zero-order chi connectivity index (χ0) is 16.6. The van der Waals surface area contributed by atoms with Crippen LogP contribution in [-0.2, 0) is 5.75 Å². The number of piperidine rings is 1. The van der Waals surface area contributed by atoms with Gasteiger partial charge in [0.1, 0.15) is 0 Å². The molecule has 2 aromatic rings. The summed E-state index contributed by atoms with van der Waals surface area (Å²) in [5.74, 6) is 2.15. The monoisotopic (exact) mass is 342 g/mol. The molecule has 0 spiro atoms. The van der Waals surface area contributed by atoms with Crippen molar-refractivity contribution in [3.05, 3.63) is 60.2 Å². The van der Waals surface area contributed by atoms with Crippen molar-refractivity contribution < 1.29 is 5.11 Å². The quantitative estimate of drug-likeness (QED) is 0.746. The molecule has 128 valence electrons. The second-order valence-corrected chi connectivity index (χ2v) is 7.31. The van der Waals surface area contributed by atoms with Gasteiger partial charge < -0.3 is 15.3 Å². The van der Waals surface area contributed by atoms with Gasteiger partial charge in [0.2, 0.25) is 0 Å². The Kier molecular flexibility index (Phi) is 6.44. The van der Waals surface area contributed by atoms with Crippen LogP contribution in [0.4, 0.5) is 11.4 Å². The number of hydrogen-bond donors (Lipinski definition) is 2. The summed E-state index contributed by atoms with van der Waals surface area (Å²) in [6.07, 6.45) is 1.60. The Hall–Kier alpha value is -1.65. The van der Waals surface area contributed by atoms with Crippen LogP contribution < -0.4 is 10.2 Å². The van der Waals surface area contributed by atoms with E-state index in [2.05, 4.69) is 64.8 Å². The molecule has 0 radical (unpaired) electrons. The van der Waals surface area contributed by atoms with E-state index in [0.717, 1.165) is 44.0 Å². The Morgan fingerprint density at radius 2 is 1.71 bits per heavy atom. The number of thioether (sulfide) groups is 1. The molecule has 1 aliphatic heterocycles. The van der Waals surface area contributed by atoms with Crippen LogP contribution in [0, 0.1) is 0 Å². The molecule has 0 aromatic heterocycles. The Balaban J connectivity index is 1.47. The van der Waals surface area contributed by atoms with Crippen LogP contribution in [0.1, 0.15) is 18.4 Å². The zero-order valence-corrected chi connectivity index (χ0v) is 14.8. The maximum atomic E-state index is 9.69. The second-order valence-electron chi connectivity index (χ2n) is 6.20. The predicted octanol–water partition coefficient (Wildman–Crippen LogP) is 3.99. The summed E-state index contributed by atoms with van der Waals surface area (Å²) in [5, 5.41) is 13.3. The normalized spacial score (nSPS) is 15.5. The highest BCUT2D eigenvalue weighted by Crippen LogP contribution is 2.28. The first-order valence-electron chi connectivity index (χ1n) is 8.70. The topological polar surface area (TPSA) is 35.5 Å². The lowest BCUT2D eigenvalue weighted by Gasteiger charge is -2.33. The van der Waals surface area contributed by atoms with Gasteiger partial charge in [0, 0.05) is 31.1 Å². The fourth-order valence-electron chi connectivity index (χ4n) is 3.03. The van der Waals surface area contributed by atoms with E-state index in [9.17, 15) is 5.11 Å². The molecule has 0 saturated carbocycles. The van der Waals surface area contributed by atoms with Crippen molar-refractivity contribution in [2.75, 3.05) is 35.6 Å². The summed E-state index contributed by atoms with van der Waals surface area (Å²) in [6, 6.07) is 19.1. The van der Waals surface area contributed by atoms with Crippen LogP contribution in [0.2, 0.25) is 0 Å². The van der Waals surface area contributed by atoms with Crippen LogP contribution in [-0.4, -0.2) is 36.6 Å². The molecule has 0 bridgehead atoms. The van der Waals surface area contributed by atoms with E-state index >= 15 is 0 Å². The number of hydrogen-bond acceptors (Lipinski definition) is 4. The summed E-state index contributed by atoms with van der Waals surface area (Å²) in [7, 11) is 0. The largest absolute Gasteiger partial charge is 0.393 e. The lowest BCUT2D eigenvalue weighted by atomic mass is 10.1. The van der Waals surface area contributed by atoms with Crippen molar-refractivity contribution in [2.24, 2.45) is 0 Å². The minimum absolute atomic E-state index is 0.129. The molecule has 0 aliphatic carbocycles. The molecule has 2 aromatic carbocycles. The van der Waals surface area contributed by atoms with Crippen molar-refractivity contribution in [1.82, 2.24) is 0 Å². The predicted molar refractivity (Wildman–Crippen MR) is 105 cm³/mol. The van der Waals surface area contributed by atoms with Gasteiger partial charge in [-0.3, -0.25) is 0 Å². The van der Waals surface area contributed by atoms with Gasteiger partial charge in [-0.25, -0.2) is 0 Å². The molecule has 1 heterocycles. The maximum Gasteiger partial charge on any atom is 0.0602 e. The first-order chi connectivity index (χ1) is 11.8. The number of nitrogens with zero attached hydrogens (tertiary/aromatic N) is 1. The van der Waals surface area contributed by atoms with E-state index in [0.29, 0.717) is 0 Å². The number of benzene rings is 2. The first kappa shape index (κ1) is 17.2. The average Bonchev–Trinajstić information content (AvgIpc) is 2.63. The summed E-state index contributed by atoms with van der Waals surface area (Å²) < 4.78 is 0. The summed E-state index contributed by atoms with van der Waals surface area (Å²) in [6.45, 7) is 2.83. The van der Waals surface area contributed by atoms with Crippen LogP contribution in [0.25, 0.3) is 0 Å². The first-order valence-corrected chi connectivity index (χ1v) is 9.86. The van der Waals surface area contributed by atoms with Crippen molar-refractivity contribution in [1.29, 1.82) is 0 Å². The van der Waals surface area contributed by atoms with Crippen molar-refractivity contribution in [3.63, 3.8) is 0 Å². The third kappa shape index (κ3) is 4.92. The smallest absolute Gasteiger partial charge is 0.0602 e. The molecule has 1 fully saturated rings. The number of rotatable bonds is 7. The van der Waals surface area contributed by atoms with Gasteiger partial charge in [-0.15, -0.1) is 0 Å². The fraction of sp³-hybridized carbons (Fsp3) is 0.400. The van der Waals surface area contributed by atoms with Gasteiger partial charge in [0.05, 0.1) is 17.5 Å². The summed E-state index contributed by atoms with van der Waals surface area (Å²) in [4.78, 5) is 2.38. The third-order valence-electron chi connectivity index (χ3n) is 4.38. The molecule has 24 heavy (non-hydrogen) atoms. The number of nitrogens with one attached hydrogen (secondary N) is 1. The van der Waals surface area contributed by atoms with E-state index in [1.165, 1.54) is 16.9 Å². The molecule has 3 rings (SSSR count). The second kappa shape index (κ2) is 9.00. The summed E-state index contributed by atoms with van der Waals surface area (Å²) >= 11 is 1.96. The average molecular weight is 343 g/mol. The van der Waals surface area contributed by atoms with Gasteiger partial charge in [0.25, 0.3) is 0 Å². The number of aliphatic hydroxyl groups is 1. The van der Waals surface area contributed by atoms with E-state index in [-0.39, 0.29) is 6.10 Å².